The van der Waals surface area contributed by atoms with Crippen molar-refractivity contribution in [2.24, 2.45) is 0 Å². The summed E-state index contributed by atoms with van der Waals surface area (Å²) in [6.07, 6.45) is 10.2. The number of benzene rings is 1. The molecule has 0 saturated carbocycles. The van der Waals surface area contributed by atoms with E-state index in [1.54, 1.807) is 35.3 Å². The summed E-state index contributed by atoms with van der Waals surface area (Å²) in [6, 6.07) is 5.10. The van der Waals surface area contributed by atoms with Crippen LogP contribution in [0.4, 0.5) is 11.4 Å². The van der Waals surface area contributed by atoms with Gasteiger partial charge in [-0.15, -0.1) is 0 Å². The summed E-state index contributed by atoms with van der Waals surface area (Å²) < 4.78 is 12.3. The SMILES string of the molecule is O=C(Nc1cnn(-c2ncncc2N2CCCCC2)c1)c1ccc2c(c1)OCO2. The van der Waals surface area contributed by atoms with Crippen LogP contribution in [-0.2, 0) is 0 Å². The molecule has 29 heavy (non-hydrogen) atoms. The van der Waals surface area contributed by atoms with Crippen molar-refractivity contribution in [1.82, 2.24) is 19.7 Å². The maximum Gasteiger partial charge on any atom is 0.255 e. The van der Waals surface area contributed by atoms with E-state index in [2.05, 4.69) is 25.3 Å². The van der Waals surface area contributed by atoms with Gasteiger partial charge in [0, 0.05) is 18.7 Å². The van der Waals surface area contributed by atoms with Crippen LogP contribution >= 0.6 is 0 Å². The number of aromatic nitrogens is 4. The van der Waals surface area contributed by atoms with Crippen molar-refractivity contribution in [3.8, 4) is 17.3 Å². The van der Waals surface area contributed by atoms with Crippen molar-refractivity contribution in [3.05, 3.63) is 48.7 Å². The van der Waals surface area contributed by atoms with Gasteiger partial charge in [-0.1, -0.05) is 0 Å². The Morgan fingerprint density at radius 2 is 1.93 bits per heavy atom. The first kappa shape index (κ1) is 17.5. The molecule has 1 N–H and O–H groups in total. The van der Waals surface area contributed by atoms with Gasteiger partial charge in [-0.2, -0.15) is 5.10 Å². The Labute approximate surface area is 167 Å². The summed E-state index contributed by atoms with van der Waals surface area (Å²) in [4.78, 5) is 23.5. The fourth-order valence-corrected chi connectivity index (χ4v) is 3.59. The quantitative estimate of drug-likeness (QED) is 0.729. The Kier molecular flexibility index (Phi) is 4.47. The van der Waals surface area contributed by atoms with E-state index >= 15 is 0 Å². The molecule has 0 aliphatic carbocycles. The fraction of sp³-hybridized carbons (Fsp3) is 0.300. The molecule has 0 bridgehead atoms. The lowest BCUT2D eigenvalue weighted by Crippen LogP contribution is -2.30. The molecule has 2 aromatic heterocycles. The lowest BCUT2D eigenvalue weighted by atomic mass is 10.1. The van der Waals surface area contributed by atoms with Crippen LogP contribution in [0.15, 0.2) is 43.1 Å². The minimum absolute atomic E-state index is 0.172. The van der Waals surface area contributed by atoms with Gasteiger partial charge in [0.1, 0.15) is 12.0 Å². The summed E-state index contributed by atoms with van der Waals surface area (Å²) in [5, 5.41) is 7.25. The van der Waals surface area contributed by atoms with E-state index in [-0.39, 0.29) is 12.7 Å². The van der Waals surface area contributed by atoms with Gasteiger partial charge in [0.05, 0.1) is 24.3 Å². The predicted molar refractivity (Wildman–Crippen MR) is 106 cm³/mol. The molecule has 1 saturated heterocycles. The van der Waals surface area contributed by atoms with Gasteiger partial charge in [0.25, 0.3) is 5.91 Å². The highest BCUT2D eigenvalue weighted by atomic mass is 16.7. The van der Waals surface area contributed by atoms with Gasteiger partial charge in [-0.25, -0.2) is 14.6 Å². The molecule has 1 aromatic carbocycles. The van der Waals surface area contributed by atoms with Crippen molar-refractivity contribution in [3.63, 3.8) is 0 Å². The van der Waals surface area contributed by atoms with E-state index in [0.717, 1.165) is 31.6 Å². The molecule has 2 aliphatic rings. The summed E-state index contributed by atoms with van der Waals surface area (Å²) in [5.74, 6) is 1.66. The number of hydrogen-bond acceptors (Lipinski definition) is 7. The van der Waals surface area contributed by atoms with Crippen LogP contribution < -0.4 is 19.7 Å². The molecule has 2 aliphatic heterocycles. The molecule has 0 spiro atoms. The molecule has 9 nitrogen and oxygen atoms in total. The maximum absolute atomic E-state index is 12.6. The van der Waals surface area contributed by atoms with E-state index in [1.807, 2.05) is 6.20 Å². The lowest BCUT2D eigenvalue weighted by Gasteiger charge is -2.29. The van der Waals surface area contributed by atoms with Gasteiger partial charge in [0.2, 0.25) is 6.79 Å². The summed E-state index contributed by atoms with van der Waals surface area (Å²) >= 11 is 0. The predicted octanol–water partition coefficient (Wildman–Crippen LogP) is 2.63. The van der Waals surface area contributed by atoms with Gasteiger partial charge < -0.3 is 19.7 Å². The van der Waals surface area contributed by atoms with Crippen LogP contribution in [0.3, 0.4) is 0 Å². The second-order valence-electron chi connectivity index (χ2n) is 6.98. The Morgan fingerprint density at radius 1 is 1.07 bits per heavy atom. The molecule has 0 atom stereocenters. The monoisotopic (exact) mass is 392 g/mol. The van der Waals surface area contributed by atoms with Crippen LogP contribution in [-0.4, -0.2) is 45.5 Å². The number of amides is 1. The van der Waals surface area contributed by atoms with E-state index in [4.69, 9.17) is 9.47 Å². The van der Waals surface area contributed by atoms with Gasteiger partial charge >= 0.3 is 0 Å². The normalized spacial score (nSPS) is 15.4. The van der Waals surface area contributed by atoms with E-state index in [1.165, 1.54) is 12.7 Å². The zero-order valence-electron chi connectivity index (χ0n) is 15.7. The molecule has 5 rings (SSSR count). The minimum Gasteiger partial charge on any atom is -0.454 e. The number of anilines is 2. The zero-order chi connectivity index (χ0) is 19.6. The number of nitrogens with zero attached hydrogens (tertiary/aromatic N) is 5. The molecular formula is C20H20N6O3. The lowest BCUT2D eigenvalue weighted by molar-refractivity contribution is 0.102. The van der Waals surface area contributed by atoms with Crippen molar-refractivity contribution >= 4 is 17.3 Å². The molecule has 1 amide bonds. The van der Waals surface area contributed by atoms with Crippen LogP contribution in [0.1, 0.15) is 29.6 Å². The topological polar surface area (TPSA) is 94.4 Å². The fourth-order valence-electron chi connectivity index (χ4n) is 3.59. The minimum atomic E-state index is -0.248. The number of fused-ring (bicyclic) bond motifs is 1. The van der Waals surface area contributed by atoms with Crippen molar-refractivity contribution in [1.29, 1.82) is 0 Å². The molecule has 148 valence electrons. The third kappa shape index (κ3) is 3.46. The highest BCUT2D eigenvalue weighted by molar-refractivity contribution is 6.04. The second kappa shape index (κ2) is 7.42. The molecule has 0 radical (unpaired) electrons. The van der Waals surface area contributed by atoms with Crippen molar-refractivity contribution < 1.29 is 14.3 Å². The average Bonchev–Trinajstić information content (AvgIpc) is 3.43. The largest absolute Gasteiger partial charge is 0.454 e. The Hall–Kier alpha value is -3.62. The first-order valence-electron chi connectivity index (χ1n) is 9.59. The van der Waals surface area contributed by atoms with Crippen molar-refractivity contribution in [2.75, 3.05) is 30.1 Å². The summed E-state index contributed by atoms with van der Waals surface area (Å²) in [7, 11) is 0. The Morgan fingerprint density at radius 3 is 2.83 bits per heavy atom. The molecule has 0 unspecified atom stereocenters. The molecule has 3 aromatic rings. The number of hydrogen-bond donors (Lipinski definition) is 1. The number of rotatable bonds is 4. The van der Waals surface area contributed by atoms with Gasteiger partial charge in [0.15, 0.2) is 17.3 Å². The number of carbonyl (C=O) groups is 1. The highest BCUT2D eigenvalue weighted by Crippen LogP contribution is 2.32. The average molecular weight is 392 g/mol. The van der Waals surface area contributed by atoms with Crippen molar-refractivity contribution in [2.45, 2.75) is 19.3 Å². The second-order valence-corrected chi connectivity index (χ2v) is 6.98. The first-order chi connectivity index (χ1) is 14.3. The molecular weight excluding hydrogens is 372 g/mol. The van der Waals surface area contributed by atoms with E-state index in [0.29, 0.717) is 28.6 Å². The van der Waals surface area contributed by atoms with Crippen LogP contribution in [0.5, 0.6) is 11.5 Å². The molecule has 9 heteroatoms. The Balaban J connectivity index is 1.35. The van der Waals surface area contributed by atoms with Crippen LogP contribution in [0.2, 0.25) is 0 Å². The third-order valence-electron chi connectivity index (χ3n) is 5.06. The Bertz CT molecular complexity index is 1040. The summed E-state index contributed by atoms with van der Waals surface area (Å²) in [6.45, 7) is 2.14. The molecule has 1 fully saturated rings. The molecule has 4 heterocycles. The number of ether oxygens (including phenoxy) is 2. The zero-order valence-corrected chi connectivity index (χ0v) is 15.7. The maximum atomic E-state index is 12.6. The highest BCUT2D eigenvalue weighted by Gasteiger charge is 2.19. The van der Waals surface area contributed by atoms with Crippen LogP contribution in [0, 0.1) is 0 Å². The number of piperidine rings is 1. The smallest absolute Gasteiger partial charge is 0.255 e. The summed E-state index contributed by atoms with van der Waals surface area (Å²) in [5.41, 5.74) is 2.01. The first-order valence-corrected chi connectivity index (χ1v) is 9.59. The third-order valence-corrected chi connectivity index (χ3v) is 5.06. The van der Waals surface area contributed by atoms with Gasteiger partial charge in [-0.3, -0.25) is 4.79 Å². The number of nitrogens with one attached hydrogen (secondary N) is 1. The number of carbonyl (C=O) groups excluding carboxylic acids is 1. The van der Waals surface area contributed by atoms with E-state index in [9.17, 15) is 4.79 Å². The standard InChI is InChI=1S/C20H20N6O3/c27-20(14-4-5-17-18(8-14)29-13-28-17)24-15-9-23-26(11-15)19-16(10-21-12-22-19)25-6-2-1-3-7-25/h4-5,8-12H,1-3,6-7,13H2,(H,24,27). The van der Waals surface area contributed by atoms with Crippen LogP contribution in [0.25, 0.3) is 5.82 Å². The van der Waals surface area contributed by atoms with Gasteiger partial charge in [-0.05, 0) is 37.5 Å². The van der Waals surface area contributed by atoms with E-state index < -0.39 is 0 Å².